The van der Waals surface area contributed by atoms with Crippen molar-refractivity contribution in [1.29, 1.82) is 0 Å². The van der Waals surface area contributed by atoms with Gasteiger partial charge in [0.05, 0.1) is 0 Å². The molecule has 0 aliphatic heterocycles. The third-order valence-corrected chi connectivity index (χ3v) is 12.1. The minimum atomic E-state index is 0.463. The van der Waals surface area contributed by atoms with Crippen molar-refractivity contribution in [2.75, 3.05) is 6.61 Å². The van der Waals surface area contributed by atoms with Crippen molar-refractivity contribution < 1.29 is 5.11 Å². The van der Waals surface area contributed by atoms with Crippen LogP contribution in [0.3, 0.4) is 0 Å². The van der Waals surface area contributed by atoms with Gasteiger partial charge in [0.15, 0.2) is 0 Å². The summed E-state index contributed by atoms with van der Waals surface area (Å²) in [5, 5.41) is 9.85. The molecule has 8 aliphatic rings. The van der Waals surface area contributed by atoms with Gasteiger partial charge in [0.25, 0.3) is 0 Å². The van der Waals surface area contributed by atoms with Crippen LogP contribution in [-0.4, -0.2) is 11.7 Å². The zero-order valence-electron chi connectivity index (χ0n) is 17.1. The van der Waals surface area contributed by atoms with Crippen molar-refractivity contribution in [3.63, 3.8) is 0 Å². The molecular weight excluding hydrogens is 340 g/mol. The highest BCUT2D eigenvalue weighted by molar-refractivity contribution is 5.28. The molecule has 6 fully saturated rings. The van der Waals surface area contributed by atoms with Crippen LogP contribution in [0.15, 0.2) is 23.8 Å². The topological polar surface area (TPSA) is 20.2 Å². The summed E-state index contributed by atoms with van der Waals surface area (Å²) in [7, 11) is 0. The Bertz CT molecular complexity index is 764. The number of rotatable bonds is 4. The zero-order valence-corrected chi connectivity index (χ0v) is 17.1. The number of hydrogen-bond donors (Lipinski definition) is 1. The van der Waals surface area contributed by atoms with E-state index in [2.05, 4.69) is 18.2 Å². The molecule has 0 radical (unpaired) electrons. The molecule has 0 heterocycles. The molecule has 0 spiro atoms. The largest absolute Gasteiger partial charge is 0.396 e. The molecule has 8 aliphatic carbocycles. The van der Waals surface area contributed by atoms with E-state index in [1.54, 1.807) is 12.8 Å². The molecule has 0 aromatic carbocycles. The maximum Gasteiger partial charge on any atom is 0.0462 e. The summed E-state index contributed by atoms with van der Waals surface area (Å²) < 4.78 is 0. The van der Waals surface area contributed by atoms with Crippen LogP contribution in [-0.2, 0) is 0 Å². The normalized spacial score (nSPS) is 63.5. The van der Waals surface area contributed by atoms with E-state index >= 15 is 0 Å². The standard InChI is InChI=1S/C27H36O/c28-12-20-8-19-11-23(20)27-22-10-18(25(19)27)6-14(22)2-1-13-5-17-9-21(13)26-16-4-3-15(7-16)24(17)26/h3-4,6,13,15-28H,1-2,5,7-12H2. The van der Waals surface area contributed by atoms with Gasteiger partial charge in [0.1, 0.15) is 0 Å². The number of allylic oxidation sites excluding steroid dienone is 4. The van der Waals surface area contributed by atoms with Crippen molar-refractivity contribution >= 4 is 0 Å². The molecule has 1 heteroatoms. The summed E-state index contributed by atoms with van der Waals surface area (Å²) in [5.41, 5.74) is 1.89. The first-order valence-corrected chi connectivity index (χ1v) is 12.8. The van der Waals surface area contributed by atoms with E-state index in [1.165, 1.54) is 38.5 Å². The Kier molecular flexibility index (Phi) is 3.10. The zero-order chi connectivity index (χ0) is 18.1. The fourth-order valence-electron chi connectivity index (χ4n) is 11.7. The molecule has 14 unspecified atom stereocenters. The second kappa shape index (κ2) is 5.37. The molecule has 28 heavy (non-hydrogen) atoms. The number of hydrogen-bond acceptors (Lipinski definition) is 1. The van der Waals surface area contributed by atoms with Gasteiger partial charge in [-0.3, -0.25) is 0 Å². The lowest BCUT2D eigenvalue weighted by Gasteiger charge is -2.39. The lowest BCUT2D eigenvalue weighted by Crippen LogP contribution is -2.34. The van der Waals surface area contributed by atoms with Crippen LogP contribution in [0.25, 0.3) is 0 Å². The highest BCUT2D eigenvalue weighted by Gasteiger charge is 2.63. The molecule has 1 nitrogen and oxygen atoms in total. The van der Waals surface area contributed by atoms with Gasteiger partial charge < -0.3 is 5.11 Å². The Balaban J connectivity index is 0.980. The quantitative estimate of drug-likeness (QED) is 0.520. The average molecular weight is 377 g/mol. The van der Waals surface area contributed by atoms with E-state index in [9.17, 15) is 5.11 Å². The van der Waals surface area contributed by atoms with Gasteiger partial charge in [-0.25, -0.2) is 0 Å². The van der Waals surface area contributed by atoms with Crippen molar-refractivity contribution in [3.8, 4) is 0 Å². The van der Waals surface area contributed by atoms with Gasteiger partial charge in [-0.1, -0.05) is 23.8 Å². The van der Waals surface area contributed by atoms with E-state index < -0.39 is 0 Å². The van der Waals surface area contributed by atoms with Crippen molar-refractivity contribution in [3.05, 3.63) is 23.8 Å². The predicted molar refractivity (Wildman–Crippen MR) is 110 cm³/mol. The Labute approximate surface area is 170 Å². The Morgan fingerprint density at radius 1 is 0.714 bits per heavy atom. The number of fused-ring (bicyclic) bond motifs is 18. The fraction of sp³-hybridized carbons (Fsp3) is 0.852. The van der Waals surface area contributed by atoms with Crippen molar-refractivity contribution in [1.82, 2.24) is 0 Å². The van der Waals surface area contributed by atoms with E-state index in [-0.39, 0.29) is 0 Å². The monoisotopic (exact) mass is 376 g/mol. The molecule has 0 aromatic rings. The van der Waals surface area contributed by atoms with Gasteiger partial charge in [0.2, 0.25) is 0 Å². The smallest absolute Gasteiger partial charge is 0.0462 e. The van der Waals surface area contributed by atoms with Crippen LogP contribution in [0.2, 0.25) is 0 Å². The average Bonchev–Trinajstić information content (AvgIpc) is 3.56. The summed E-state index contributed by atoms with van der Waals surface area (Å²) in [6.45, 7) is 0.463. The van der Waals surface area contributed by atoms with E-state index in [1.807, 2.05) is 5.57 Å². The maximum atomic E-state index is 9.85. The van der Waals surface area contributed by atoms with Crippen LogP contribution >= 0.6 is 0 Å². The minimum Gasteiger partial charge on any atom is -0.396 e. The second-order valence-corrected chi connectivity index (χ2v) is 12.5. The van der Waals surface area contributed by atoms with E-state index in [0.29, 0.717) is 12.5 Å². The Morgan fingerprint density at radius 3 is 2.25 bits per heavy atom. The first kappa shape index (κ1) is 16.2. The molecule has 0 amide bonds. The lowest BCUT2D eigenvalue weighted by atomic mass is 9.66. The minimum absolute atomic E-state index is 0.463. The van der Waals surface area contributed by atoms with Gasteiger partial charge in [-0.2, -0.15) is 0 Å². The van der Waals surface area contributed by atoms with Crippen molar-refractivity contribution in [2.45, 2.75) is 51.4 Å². The van der Waals surface area contributed by atoms with Crippen LogP contribution in [0, 0.1) is 82.9 Å². The fourth-order valence-corrected chi connectivity index (χ4v) is 11.7. The Hall–Kier alpha value is -0.560. The molecule has 8 bridgehead atoms. The molecule has 150 valence electrons. The summed E-state index contributed by atoms with van der Waals surface area (Å²) >= 11 is 0. The number of aliphatic hydroxyl groups excluding tert-OH is 1. The molecule has 6 saturated carbocycles. The number of aliphatic hydroxyl groups is 1. The van der Waals surface area contributed by atoms with Gasteiger partial charge >= 0.3 is 0 Å². The third-order valence-electron chi connectivity index (χ3n) is 12.1. The molecular formula is C27H36O. The van der Waals surface area contributed by atoms with Crippen LogP contribution < -0.4 is 0 Å². The molecule has 8 rings (SSSR count). The molecule has 0 aromatic heterocycles. The van der Waals surface area contributed by atoms with Crippen LogP contribution in [0.5, 0.6) is 0 Å². The summed E-state index contributed by atoms with van der Waals surface area (Å²) in [6.07, 6.45) is 19.9. The highest BCUT2D eigenvalue weighted by atomic mass is 16.3. The van der Waals surface area contributed by atoms with Gasteiger partial charge in [-0.15, -0.1) is 0 Å². The lowest BCUT2D eigenvalue weighted by molar-refractivity contribution is 0.0953. The van der Waals surface area contributed by atoms with E-state index in [4.69, 9.17) is 0 Å². The molecule has 1 N–H and O–H groups in total. The van der Waals surface area contributed by atoms with Gasteiger partial charge in [0, 0.05) is 6.61 Å². The SMILES string of the molecule is OCC1CC2CC1C1C3CC(C=C3CCC3CC4CC3C3C5C=CC(C5)C43)C21. The maximum absolute atomic E-state index is 9.85. The summed E-state index contributed by atoms with van der Waals surface area (Å²) in [5.74, 6) is 13.7. The van der Waals surface area contributed by atoms with E-state index in [0.717, 1.165) is 76.9 Å². The van der Waals surface area contributed by atoms with Crippen molar-refractivity contribution in [2.24, 2.45) is 82.9 Å². The third kappa shape index (κ3) is 1.82. The van der Waals surface area contributed by atoms with Crippen LogP contribution in [0.1, 0.15) is 51.4 Å². The molecule has 0 saturated heterocycles. The first-order valence-electron chi connectivity index (χ1n) is 12.8. The first-order chi connectivity index (χ1) is 13.8. The predicted octanol–water partition coefficient (Wildman–Crippen LogP) is 5.32. The van der Waals surface area contributed by atoms with Crippen LogP contribution in [0.4, 0.5) is 0 Å². The van der Waals surface area contributed by atoms with Gasteiger partial charge in [-0.05, 0) is 134 Å². The second-order valence-electron chi connectivity index (χ2n) is 12.5. The Morgan fingerprint density at radius 2 is 1.43 bits per heavy atom. The molecule has 14 atom stereocenters. The highest BCUT2D eigenvalue weighted by Crippen LogP contribution is 2.70. The summed E-state index contributed by atoms with van der Waals surface area (Å²) in [4.78, 5) is 0. The summed E-state index contributed by atoms with van der Waals surface area (Å²) in [6, 6.07) is 0.